The molecule has 0 aromatic heterocycles. The summed E-state index contributed by atoms with van der Waals surface area (Å²) in [6.45, 7) is 5.15. The lowest BCUT2D eigenvalue weighted by atomic mass is 9.87. The van der Waals surface area contributed by atoms with Gasteiger partial charge in [0.15, 0.2) is 0 Å². The zero-order valence-electron chi connectivity index (χ0n) is 23.8. The average molecular weight is 594 g/mol. The second kappa shape index (κ2) is 15.0. The van der Waals surface area contributed by atoms with E-state index in [4.69, 9.17) is 16.3 Å². The number of halogens is 4. The summed E-state index contributed by atoms with van der Waals surface area (Å²) >= 11 is 6.09. The minimum absolute atomic E-state index is 0.0411. The van der Waals surface area contributed by atoms with Crippen LogP contribution in [-0.2, 0) is 32.1 Å². The van der Waals surface area contributed by atoms with Crippen LogP contribution in [0.15, 0.2) is 54.6 Å². The van der Waals surface area contributed by atoms with Crippen molar-refractivity contribution < 1.29 is 32.3 Å². The van der Waals surface area contributed by atoms with Crippen LogP contribution < -0.4 is 5.32 Å². The molecular formula is C32H39ClF3NO4. The third-order valence-electron chi connectivity index (χ3n) is 7.76. The van der Waals surface area contributed by atoms with Gasteiger partial charge in [0.25, 0.3) is 5.78 Å². The quantitative estimate of drug-likeness (QED) is 0.265. The highest BCUT2D eigenvalue weighted by molar-refractivity contribution is 6.30. The van der Waals surface area contributed by atoms with Crippen LogP contribution in [-0.4, -0.2) is 35.8 Å². The largest absolute Gasteiger partial charge is 0.452 e. The van der Waals surface area contributed by atoms with Gasteiger partial charge in [-0.15, -0.1) is 0 Å². The van der Waals surface area contributed by atoms with Gasteiger partial charge in [-0.3, -0.25) is 14.4 Å². The van der Waals surface area contributed by atoms with Crippen LogP contribution in [0.2, 0.25) is 5.02 Å². The molecule has 41 heavy (non-hydrogen) atoms. The highest BCUT2D eigenvalue weighted by Gasteiger charge is 2.45. The minimum Gasteiger partial charge on any atom is -0.374 e. The number of amides is 1. The SMILES string of the molecule is CC(C)[C@H](NC(=O)[C@H]1CCC(CC(=O)[C@@H](C)Cc2cccc(Cl)c2)C[C@H](OCc2ccccc2)C1)C(=O)C(F)(F)F. The number of benzene rings is 2. The van der Waals surface area contributed by atoms with Gasteiger partial charge in [0.05, 0.1) is 18.8 Å². The Labute approximate surface area is 245 Å². The zero-order chi connectivity index (χ0) is 30.2. The smallest absolute Gasteiger partial charge is 0.374 e. The van der Waals surface area contributed by atoms with Crippen molar-refractivity contribution in [3.05, 3.63) is 70.7 Å². The first-order chi connectivity index (χ1) is 19.3. The van der Waals surface area contributed by atoms with Gasteiger partial charge in [0, 0.05) is 23.3 Å². The first kappa shape index (κ1) is 32.8. The van der Waals surface area contributed by atoms with E-state index in [1.54, 1.807) is 6.07 Å². The molecule has 0 spiro atoms. The number of carbonyl (C=O) groups excluding carboxylic acids is 3. The van der Waals surface area contributed by atoms with Gasteiger partial charge in [-0.05, 0) is 67.2 Å². The third-order valence-corrected chi connectivity index (χ3v) is 8.00. The summed E-state index contributed by atoms with van der Waals surface area (Å²) in [7, 11) is 0. The fourth-order valence-electron chi connectivity index (χ4n) is 5.41. The molecule has 0 radical (unpaired) electrons. The Morgan fingerprint density at radius 1 is 0.976 bits per heavy atom. The maximum absolute atomic E-state index is 13.2. The molecule has 1 fully saturated rings. The number of nitrogens with one attached hydrogen (secondary N) is 1. The molecule has 0 aliphatic heterocycles. The molecule has 2 aromatic rings. The van der Waals surface area contributed by atoms with Gasteiger partial charge >= 0.3 is 6.18 Å². The Hall–Kier alpha value is -2.71. The molecule has 0 heterocycles. The molecule has 0 bridgehead atoms. The number of ketones is 2. The normalized spacial score (nSPS) is 21.1. The van der Waals surface area contributed by atoms with E-state index < -0.39 is 35.7 Å². The van der Waals surface area contributed by atoms with Crippen molar-refractivity contribution in [3.63, 3.8) is 0 Å². The lowest BCUT2D eigenvalue weighted by Crippen LogP contribution is -2.51. The zero-order valence-corrected chi connectivity index (χ0v) is 24.5. The second-order valence-corrected chi connectivity index (χ2v) is 12.0. The summed E-state index contributed by atoms with van der Waals surface area (Å²) in [5, 5.41) is 2.99. The van der Waals surface area contributed by atoms with Crippen LogP contribution in [0.3, 0.4) is 0 Å². The molecule has 1 amide bonds. The lowest BCUT2D eigenvalue weighted by molar-refractivity contribution is -0.175. The molecule has 9 heteroatoms. The number of carbonyl (C=O) groups is 3. The number of hydrogen-bond acceptors (Lipinski definition) is 4. The molecule has 1 N–H and O–H groups in total. The maximum Gasteiger partial charge on any atom is 0.452 e. The van der Waals surface area contributed by atoms with Crippen LogP contribution in [0.1, 0.15) is 64.0 Å². The Kier molecular flexibility index (Phi) is 12.0. The number of alkyl halides is 3. The van der Waals surface area contributed by atoms with E-state index in [0.717, 1.165) is 11.1 Å². The third kappa shape index (κ3) is 10.3. The van der Waals surface area contributed by atoms with E-state index in [1.807, 2.05) is 55.5 Å². The number of rotatable bonds is 12. The van der Waals surface area contributed by atoms with Gasteiger partial charge in [-0.1, -0.05) is 74.8 Å². The van der Waals surface area contributed by atoms with Crippen LogP contribution in [0.25, 0.3) is 0 Å². The second-order valence-electron chi connectivity index (χ2n) is 11.5. The summed E-state index contributed by atoms with van der Waals surface area (Å²) in [5.41, 5.74) is 1.93. The topological polar surface area (TPSA) is 72.5 Å². The summed E-state index contributed by atoms with van der Waals surface area (Å²) in [4.78, 5) is 38.4. The maximum atomic E-state index is 13.2. The Morgan fingerprint density at radius 3 is 2.29 bits per heavy atom. The van der Waals surface area contributed by atoms with E-state index in [0.29, 0.717) is 50.2 Å². The van der Waals surface area contributed by atoms with Crippen molar-refractivity contribution in [2.45, 2.75) is 84.2 Å². The fraction of sp³-hybridized carbons (Fsp3) is 0.531. The van der Waals surface area contributed by atoms with E-state index in [1.165, 1.54) is 13.8 Å². The van der Waals surface area contributed by atoms with E-state index in [2.05, 4.69) is 5.32 Å². The molecule has 224 valence electrons. The Balaban J connectivity index is 1.70. The predicted molar refractivity (Wildman–Crippen MR) is 152 cm³/mol. The van der Waals surface area contributed by atoms with Crippen LogP contribution >= 0.6 is 11.6 Å². The van der Waals surface area contributed by atoms with Gasteiger partial charge in [-0.25, -0.2) is 0 Å². The number of hydrogen-bond donors (Lipinski definition) is 1. The van der Waals surface area contributed by atoms with Crippen molar-refractivity contribution in [3.8, 4) is 0 Å². The molecule has 5 atom stereocenters. The van der Waals surface area contributed by atoms with Crippen LogP contribution in [0, 0.1) is 23.7 Å². The Morgan fingerprint density at radius 2 is 1.66 bits per heavy atom. The highest BCUT2D eigenvalue weighted by atomic mass is 35.5. The van der Waals surface area contributed by atoms with Crippen molar-refractivity contribution in [2.75, 3.05) is 0 Å². The first-order valence-electron chi connectivity index (χ1n) is 14.2. The summed E-state index contributed by atoms with van der Waals surface area (Å²) in [6.07, 6.45) is -2.72. The number of Topliss-reactive ketones (excluding diaryl/α,β-unsaturated/α-hetero) is 2. The van der Waals surface area contributed by atoms with Gasteiger partial charge in [0.2, 0.25) is 5.91 Å². The monoisotopic (exact) mass is 593 g/mol. The highest BCUT2D eigenvalue weighted by Crippen LogP contribution is 2.33. The molecule has 1 aliphatic carbocycles. The first-order valence-corrected chi connectivity index (χ1v) is 14.5. The van der Waals surface area contributed by atoms with Gasteiger partial charge in [-0.2, -0.15) is 13.2 Å². The molecule has 1 unspecified atom stereocenters. The van der Waals surface area contributed by atoms with Crippen molar-refractivity contribution in [1.82, 2.24) is 5.32 Å². The van der Waals surface area contributed by atoms with Crippen LogP contribution in [0.5, 0.6) is 0 Å². The molecule has 1 aliphatic rings. The van der Waals surface area contributed by atoms with E-state index in [-0.39, 0.29) is 23.7 Å². The molecule has 3 rings (SSSR count). The van der Waals surface area contributed by atoms with Crippen molar-refractivity contribution in [2.24, 2.45) is 23.7 Å². The average Bonchev–Trinajstić information content (AvgIpc) is 3.12. The van der Waals surface area contributed by atoms with Gasteiger partial charge in [0.1, 0.15) is 5.78 Å². The van der Waals surface area contributed by atoms with Crippen molar-refractivity contribution >= 4 is 29.1 Å². The molecule has 0 saturated heterocycles. The van der Waals surface area contributed by atoms with E-state index >= 15 is 0 Å². The lowest BCUT2D eigenvalue weighted by Gasteiger charge is -2.26. The van der Waals surface area contributed by atoms with Crippen molar-refractivity contribution in [1.29, 1.82) is 0 Å². The molecule has 5 nitrogen and oxygen atoms in total. The molecule has 1 saturated carbocycles. The predicted octanol–water partition coefficient (Wildman–Crippen LogP) is 7.14. The summed E-state index contributed by atoms with van der Waals surface area (Å²) in [6, 6.07) is 15.3. The number of ether oxygens (including phenoxy) is 1. The Bertz CT molecular complexity index is 1170. The summed E-state index contributed by atoms with van der Waals surface area (Å²) < 4.78 is 45.7. The van der Waals surface area contributed by atoms with Crippen LogP contribution in [0.4, 0.5) is 13.2 Å². The van der Waals surface area contributed by atoms with E-state index in [9.17, 15) is 27.6 Å². The molecule has 2 aromatic carbocycles. The fourth-order valence-corrected chi connectivity index (χ4v) is 5.62. The summed E-state index contributed by atoms with van der Waals surface area (Å²) in [5.74, 6) is -4.06. The molecular weight excluding hydrogens is 555 g/mol. The standard InChI is InChI=1S/C32H39ClF3NO4/c1-20(2)29(30(39)32(34,35)36)37-31(40)25-13-12-24(16-27(18-25)41-19-22-8-5-4-6-9-22)17-28(38)21(3)14-23-10-7-11-26(33)15-23/h4-11,15,20-21,24-25,27,29H,12-14,16-19H2,1-3H3,(H,37,40)/t21-,24?,25-,27-,29-/m0/s1. The van der Waals surface area contributed by atoms with Gasteiger partial charge < -0.3 is 10.1 Å². The minimum atomic E-state index is -5.04.